The van der Waals surface area contributed by atoms with Gasteiger partial charge in [0.2, 0.25) is 0 Å². The van der Waals surface area contributed by atoms with E-state index in [0.29, 0.717) is 18.5 Å². The molecule has 134 valence electrons. The van der Waals surface area contributed by atoms with Crippen LogP contribution in [0.15, 0.2) is 24.3 Å². The van der Waals surface area contributed by atoms with E-state index in [9.17, 15) is 4.79 Å². The number of nitriles is 1. The fourth-order valence-corrected chi connectivity index (χ4v) is 3.12. The first-order valence-corrected chi connectivity index (χ1v) is 8.95. The van der Waals surface area contributed by atoms with Gasteiger partial charge in [-0.2, -0.15) is 5.26 Å². The van der Waals surface area contributed by atoms with Gasteiger partial charge in [-0.25, -0.2) is 0 Å². The quantitative estimate of drug-likeness (QED) is 0.425. The number of esters is 1. The van der Waals surface area contributed by atoms with Gasteiger partial charge in [-0.3, -0.25) is 4.79 Å². The molecular formula is C18H25N4O2S+. The molecule has 0 amide bonds. The van der Waals surface area contributed by atoms with Gasteiger partial charge >= 0.3 is 5.97 Å². The third kappa shape index (κ3) is 6.33. The Morgan fingerprint density at radius 2 is 2.04 bits per heavy atom. The molecule has 1 aromatic carbocycles. The van der Waals surface area contributed by atoms with Gasteiger partial charge in [-0.05, 0) is 30.8 Å². The SMILES string of the molecule is COC(=O)CCCNC(=S)N1CC[NH+](Cc2ccc(C#N)cc2)CC1. The van der Waals surface area contributed by atoms with Crippen LogP contribution in [0.2, 0.25) is 0 Å². The fraction of sp³-hybridized carbons (Fsp3) is 0.500. The van der Waals surface area contributed by atoms with E-state index in [1.165, 1.54) is 17.6 Å². The minimum atomic E-state index is -0.187. The lowest BCUT2D eigenvalue weighted by atomic mass is 10.1. The lowest BCUT2D eigenvalue weighted by Crippen LogP contribution is -3.13. The second-order valence-electron chi connectivity index (χ2n) is 6.13. The van der Waals surface area contributed by atoms with Crippen LogP contribution in [-0.4, -0.2) is 55.8 Å². The molecular weight excluding hydrogens is 336 g/mol. The summed E-state index contributed by atoms with van der Waals surface area (Å²) < 4.78 is 4.62. The monoisotopic (exact) mass is 361 g/mol. The zero-order chi connectivity index (χ0) is 18.1. The van der Waals surface area contributed by atoms with Crippen molar-refractivity contribution < 1.29 is 14.4 Å². The number of hydrogen-bond acceptors (Lipinski definition) is 4. The number of carbonyl (C=O) groups excluding carboxylic acids is 1. The summed E-state index contributed by atoms with van der Waals surface area (Å²) in [5.41, 5.74) is 1.96. The van der Waals surface area contributed by atoms with E-state index in [0.717, 1.165) is 44.3 Å². The maximum atomic E-state index is 11.1. The van der Waals surface area contributed by atoms with Crippen molar-refractivity contribution in [3.63, 3.8) is 0 Å². The Labute approximate surface area is 154 Å². The van der Waals surface area contributed by atoms with E-state index in [1.54, 1.807) is 0 Å². The van der Waals surface area contributed by atoms with Crippen molar-refractivity contribution in [1.29, 1.82) is 5.26 Å². The number of quaternary nitrogens is 1. The molecule has 1 heterocycles. The van der Waals surface area contributed by atoms with Crippen molar-refractivity contribution >= 4 is 23.3 Å². The molecule has 0 spiro atoms. The molecule has 6 nitrogen and oxygen atoms in total. The van der Waals surface area contributed by atoms with Gasteiger partial charge in [-0.15, -0.1) is 0 Å². The molecule has 0 aromatic heterocycles. The molecule has 0 aliphatic carbocycles. The van der Waals surface area contributed by atoms with Crippen LogP contribution in [0.1, 0.15) is 24.0 Å². The Balaban J connectivity index is 1.67. The Morgan fingerprint density at radius 1 is 1.36 bits per heavy atom. The van der Waals surface area contributed by atoms with Crippen molar-refractivity contribution in [3.05, 3.63) is 35.4 Å². The zero-order valence-electron chi connectivity index (χ0n) is 14.6. The smallest absolute Gasteiger partial charge is 0.305 e. The summed E-state index contributed by atoms with van der Waals surface area (Å²) in [6.07, 6.45) is 1.13. The van der Waals surface area contributed by atoms with E-state index >= 15 is 0 Å². The summed E-state index contributed by atoms with van der Waals surface area (Å²) >= 11 is 5.44. The highest BCUT2D eigenvalue weighted by molar-refractivity contribution is 7.80. The van der Waals surface area contributed by atoms with Crippen LogP contribution in [0, 0.1) is 11.3 Å². The molecule has 1 fully saturated rings. The standard InChI is InChI=1S/C18H24N4O2S/c1-24-17(23)3-2-8-20-18(25)22-11-9-21(10-12-22)14-16-6-4-15(13-19)5-7-16/h4-7H,2-3,8-12,14H2,1H3,(H,20,25)/p+1. The Kier molecular flexibility index (Phi) is 7.64. The number of methoxy groups -OCH3 is 1. The molecule has 1 aliphatic heterocycles. The van der Waals surface area contributed by atoms with Crippen LogP contribution in [0.3, 0.4) is 0 Å². The molecule has 1 aromatic rings. The van der Waals surface area contributed by atoms with Crippen LogP contribution in [0.5, 0.6) is 0 Å². The number of nitrogens with one attached hydrogen (secondary N) is 2. The van der Waals surface area contributed by atoms with E-state index in [-0.39, 0.29) is 5.97 Å². The zero-order valence-corrected chi connectivity index (χ0v) is 15.4. The first-order chi connectivity index (χ1) is 12.1. The fourth-order valence-electron chi connectivity index (χ4n) is 2.83. The van der Waals surface area contributed by atoms with Crippen molar-refractivity contribution in [1.82, 2.24) is 10.2 Å². The lowest BCUT2D eigenvalue weighted by molar-refractivity contribution is -0.917. The molecule has 0 radical (unpaired) electrons. The normalized spacial score (nSPS) is 14.6. The van der Waals surface area contributed by atoms with Crippen molar-refractivity contribution in [3.8, 4) is 6.07 Å². The largest absolute Gasteiger partial charge is 0.469 e. The molecule has 2 N–H and O–H groups in total. The van der Waals surface area contributed by atoms with Gasteiger partial charge in [0.05, 0.1) is 44.9 Å². The summed E-state index contributed by atoms with van der Waals surface area (Å²) in [5, 5.41) is 12.8. The predicted octanol–water partition coefficient (Wildman–Crippen LogP) is 0.0865. The van der Waals surface area contributed by atoms with Crippen LogP contribution < -0.4 is 10.2 Å². The number of rotatable bonds is 6. The van der Waals surface area contributed by atoms with Gasteiger partial charge in [0, 0.05) is 18.5 Å². The number of thiocarbonyl (C=S) groups is 1. The van der Waals surface area contributed by atoms with Gasteiger partial charge in [0.25, 0.3) is 0 Å². The van der Waals surface area contributed by atoms with E-state index in [4.69, 9.17) is 17.5 Å². The first-order valence-electron chi connectivity index (χ1n) is 8.54. The van der Waals surface area contributed by atoms with Crippen LogP contribution >= 0.6 is 12.2 Å². The topological polar surface area (TPSA) is 69.8 Å². The number of hydrogen-bond donors (Lipinski definition) is 2. The molecule has 0 saturated carbocycles. The highest BCUT2D eigenvalue weighted by Gasteiger charge is 2.21. The number of piperazine rings is 1. The molecule has 2 rings (SSSR count). The summed E-state index contributed by atoms with van der Waals surface area (Å²) in [4.78, 5) is 14.8. The first kappa shape index (κ1) is 19.2. The van der Waals surface area contributed by atoms with E-state index < -0.39 is 0 Å². The molecule has 1 saturated heterocycles. The molecule has 1 aliphatic rings. The van der Waals surface area contributed by atoms with Crippen molar-refractivity contribution in [2.45, 2.75) is 19.4 Å². The molecule has 7 heteroatoms. The number of carbonyl (C=O) groups is 1. The third-order valence-corrected chi connectivity index (χ3v) is 4.76. The van der Waals surface area contributed by atoms with E-state index in [1.807, 2.05) is 24.3 Å². The molecule has 0 bridgehead atoms. The molecule has 0 atom stereocenters. The molecule has 0 unspecified atom stereocenters. The minimum Gasteiger partial charge on any atom is -0.469 e. The highest BCUT2D eigenvalue weighted by atomic mass is 32.1. The maximum absolute atomic E-state index is 11.1. The lowest BCUT2D eigenvalue weighted by Gasteiger charge is -2.34. The minimum absolute atomic E-state index is 0.187. The second-order valence-corrected chi connectivity index (χ2v) is 6.52. The summed E-state index contributed by atoms with van der Waals surface area (Å²) in [5.74, 6) is -0.187. The number of ether oxygens (including phenoxy) is 1. The van der Waals surface area contributed by atoms with Crippen LogP contribution in [0.25, 0.3) is 0 Å². The molecule has 25 heavy (non-hydrogen) atoms. The maximum Gasteiger partial charge on any atom is 0.305 e. The van der Waals surface area contributed by atoms with Gasteiger partial charge in [-0.1, -0.05) is 12.1 Å². The Morgan fingerprint density at radius 3 is 2.64 bits per heavy atom. The summed E-state index contributed by atoms with van der Waals surface area (Å²) in [6, 6.07) is 9.96. The van der Waals surface area contributed by atoms with Crippen molar-refractivity contribution in [2.24, 2.45) is 0 Å². The summed E-state index contributed by atoms with van der Waals surface area (Å²) in [7, 11) is 1.40. The third-order valence-electron chi connectivity index (χ3n) is 4.36. The van der Waals surface area contributed by atoms with Gasteiger partial charge in [0.15, 0.2) is 5.11 Å². The highest BCUT2D eigenvalue weighted by Crippen LogP contribution is 2.02. The average Bonchev–Trinajstić information content (AvgIpc) is 2.66. The average molecular weight is 361 g/mol. The van der Waals surface area contributed by atoms with Gasteiger partial charge in [0.1, 0.15) is 6.54 Å². The number of benzene rings is 1. The van der Waals surface area contributed by atoms with Crippen LogP contribution in [-0.2, 0) is 16.1 Å². The van der Waals surface area contributed by atoms with Gasteiger partial charge < -0.3 is 19.9 Å². The predicted molar refractivity (Wildman–Crippen MR) is 99.0 cm³/mol. The van der Waals surface area contributed by atoms with Crippen LogP contribution in [0.4, 0.5) is 0 Å². The Hall–Kier alpha value is -2.17. The number of nitrogens with zero attached hydrogens (tertiary/aromatic N) is 2. The second kappa shape index (κ2) is 9.97. The summed E-state index contributed by atoms with van der Waals surface area (Å²) in [6.45, 7) is 5.57. The van der Waals surface area contributed by atoms with E-state index in [2.05, 4.69) is 21.0 Å². The Bertz CT molecular complexity index is 619. The van der Waals surface area contributed by atoms with Crippen molar-refractivity contribution in [2.75, 3.05) is 39.8 Å².